The van der Waals surface area contributed by atoms with Crippen LogP contribution in [0.25, 0.3) is 11.1 Å². The van der Waals surface area contributed by atoms with Gasteiger partial charge in [-0.1, -0.05) is 17.7 Å². The second kappa shape index (κ2) is 9.62. The van der Waals surface area contributed by atoms with Gasteiger partial charge >= 0.3 is 6.09 Å². The molecule has 10 heteroatoms. The molecule has 178 valence electrons. The molecule has 2 heterocycles. The van der Waals surface area contributed by atoms with E-state index in [-0.39, 0.29) is 46.8 Å². The number of rotatable bonds is 5. The van der Waals surface area contributed by atoms with Crippen molar-refractivity contribution >= 4 is 17.7 Å². The number of phenols is 1. The topological polar surface area (TPSA) is 85.7 Å². The number of amides is 1. The van der Waals surface area contributed by atoms with E-state index < -0.39 is 11.9 Å². The van der Waals surface area contributed by atoms with E-state index in [1.54, 1.807) is 18.2 Å². The van der Waals surface area contributed by atoms with E-state index in [4.69, 9.17) is 21.1 Å². The second-order valence-corrected chi connectivity index (χ2v) is 8.90. The number of halogens is 2. The largest absolute Gasteiger partial charge is 0.507 e. The number of hydrogen-bond donors (Lipinski definition) is 2. The molecular weight excluding hydrogens is 453 g/mol. The minimum Gasteiger partial charge on any atom is -0.507 e. The summed E-state index contributed by atoms with van der Waals surface area (Å²) in [6, 6.07) is 5.95. The summed E-state index contributed by atoms with van der Waals surface area (Å²) in [4.78, 5) is 16.8. The van der Waals surface area contributed by atoms with E-state index in [0.29, 0.717) is 44.1 Å². The number of likely N-dealkylation sites (N-methyl/N-ethyl adjacent to an activating group) is 1. The van der Waals surface area contributed by atoms with Crippen LogP contribution in [-0.4, -0.2) is 90.5 Å². The highest BCUT2D eigenvalue weighted by Gasteiger charge is 2.35. The van der Waals surface area contributed by atoms with Gasteiger partial charge in [0, 0.05) is 43.9 Å². The summed E-state index contributed by atoms with van der Waals surface area (Å²) in [7, 11) is 3.86. The third-order valence-corrected chi connectivity index (χ3v) is 6.31. The van der Waals surface area contributed by atoms with Crippen LogP contribution in [0.3, 0.4) is 0 Å². The molecule has 1 fully saturated rings. The Kier molecular flexibility index (Phi) is 6.83. The molecule has 8 nitrogen and oxygen atoms in total. The van der Waals surface area contributed by atoms with Crippen LogP contribution < -0.4 is 9.47 Å². The van der Waals surface area contributed by atoms with E-state index in [9.17, 15) is 15.0 Å². The number of benzene rings is 2. The summed E-state index contributed by atoms with van der Waals surface area (Å²) < 4.78 is 27.8. The highest BCUT2D eigenvalue weighted by molar-refractivity contribution is 6.33. The summed E-state index contributed by atoms with van der Waals surface area (Å²) >= 11 is 6.31. The molecule has 0 bridgehead atoms. The molecule has 33 heavy (non-hydrogen) atoms. The predicted molar refractivity (Wildman–Crippen MR) is 122 cm³/mol. The summed E-state index contributed by atoms with van der Waals surface area (Å²) in [6.45, 7) is 2.66. The Morgan fingerprint density at radius 3 is 2.85 bits per heavy atom. The van der Waals surface area contributed by atoms with Gasteiger partial charge in [-0.2, -0.15) is 0 Å². The van der Waals surface area contributed by atoms with Crippen LogP contribution in [0.2, 0.25) is 5.02 Å². The van der Waals surface area contributed by atoms with Gasteiger partial charge in [-0.25, -0.2) is 9.18 Å². The maximum atomic E-state index is 15.8. The molecule has 0 aliphatic carbocycles. The molecule has 2 N–H and O–H groups in total. The van der Waals surface area contributed by atoms with Crippen LogP contribution in [0.4, 0.5) is 9.18 Å². The van der Waals surface area contributed by atoms with Crippen molar-refractivity contribution in [1.29, 1.82) is 0 Å². The molecule has 1 atom stereocenters. The van der Waals surface area contributed by atoms with Gasteiger partial charge in [-0.15, -0.1) is 0 Å². The minimum atomic E-state index is -0.980. The van der Waals surface area contributed by atoms with Crippen molar-refractivity contribution in [2.45, 2.75) is 12.6 Å². The summed E-state index contributed by atoms with van der Waals surface area (Å²) in [6.07, 6.45) is -0.980. The number of fused-ring (bicyclic) bond motifs is 2. The Hall–Kier alpha value is -2.75. The zero-order valence-corrected chi connectivity index (χ0v) is 19.3. The molecule has 2 aromatic rings. The lowest BCUT2D eigenvalue weighted by atomic mass is 9.99. The van der Waals surface area contributed by atoms with Crippen LogP contribution in [0.15, 0.2) is 24.3 Å². The lowest BCUT2D eigenvalue weighted by Crippen LogP contribution is -2.55. The first-order valence-electron chi connectivity index (χ1n) is 10.7. The zero-order valence-electron chi connectivity index (χ0n) is 18.6. The van der Waals surface area contributed by atoms with Gasteiger partial charge in [0.05, 0.1) is 16.6 Å². The first-order valence-corrected chi connectivity index (χ1v) is 11.1. The van der Waals surface area contributed by atoms with Gasteiger partial charge in [-0.3, -0.25) is 4.90 Å². The number of carboxylic acid groups (broad SMARTS) is 1. The molecule has 4 rings (SSSR count). The fraction of sp³-hybridized carbons (Fsp3) is 0.435. The van der Waals surface area contributed by atoms with Gasteiger partial charge in [0.25, 0.3) is 0 Å². The number of phenolic OH excluding ortho intramolecular Hbond substituents is 1. The number of aromatic hydroxyl groups is 1. The maximum Gasteiger partial charge on any atom is 0.407 e. The van der Waals surface area contributed by atoms with Gasteiger partial charge in [0.15, 0.2) is 11.6 Å². The molecule has 1 saturated heterocycles. The molecule has 0 aromatic heterocycles. The summed E-state index contributed by atoms with van der Waals surface area (Å²) in [5, 5.41) is 20.0. The van der Waals surface area contributed by atoms with Gasteiger partial charge in [0.1, 0.15) is 24.7 Å². The van der Waals surface area contributed by atoms with Crippen molar-refractivity contribution < 1.29 is 28.9 Å². The lowest BCUT2D eigenvalue weighted by molar-refractivity contribution is 0.0497. The third-order valence-electron chi connectivity index (χ3n) is 6.00. The average molecular weight is 480 g/mol. The Balaban J connectivity index is 1.76. The van der Waals surface area contributed by atoms with Crippen molar-refractivity contribution in [3.05, 3.63) is 40.7 Å². The van der Waals surface area contributed by atoms with Crippen molar-refractivity contribution in [3.63, 3.8) is 0 Å². The Morgan fingerprint density at radius 1 is 1.36 bits per heavy atom. The fourth-order valence-electron chi connectivity index (χ4n) is 4.19. The number of piperazine rings is 1. The van der Waals surface area contributed by atoms with Crippen LogP contribution in [0.1, 0.15) is 5.56 Å². The Bertz CT molecular complexity index is 1030. The average Bonchev–Trinajstić information content (AvgIpc) is 2.95. The van der Waals surface area contributed by atoms with E-state index in [1.165, 1.54) is 11.0 Å². The monoisotopic (exact) mass is 479 g/mol. The zero-order chi connectivity index (χ0) is 23.7. The van der Waals surface area contributed by atoms with Crippen molar-refractivity contribution in [1.82, 2.24) is 14.7 Å². The van der Waals surface area contributed by atoms with Crippen LogP contribution in [0.5, 0.6) is 17.2 Å². The molecular formula is C23H27ClFN3O5. The molecule has 1 amide bonds. The number of carbonyl (C=O) groups is 1. The summed E-state index contributed by atoms with van der Waals surface area (Å²) in [5.74, 6) is -0.293. The summed E-state index contributed by atoms with van der Waals surface area (Å²) in [5.41, 5.74) is 0.816. The molecule has 2 aromatic carbocycles. The van der Waals surface area contributed by atoms with Crippen molar-refractivity contribution in [2.75, 3.05) is 53.5 Å². The highest BCUT2D eigenvalue weighted by atomic mass is 35.5. The lowest BCUT2D eigenvalue weighted by Gasteiger charge is -2.38. The fourth-order valence-corrected chi connectivity index (χ4v) is 4.46. The van der Waals surface area contributed by atoms with E-state index in [0.717, 1.165) is 0 Å². The van der Waals surface area contributed by atoms with E-state index in [1.807, 2.05) is 19.0 Å². The smallest absolute Gasteiger partial charge is 0.407 e. The SMILES string of the molecule is CN(C)CCOc1cc(-c2c(O)cccc2Cl)c(F)c2c1CN1CCN(C(=O)O)C[C@@H]1CO2. The van der Waals surface area contributed by atoms with Crippen LogP contribution >= 0.6 is 11.6 Å². The van der Waals surface area contributed by atoms with Crippen molar-refractivity contribution in [3.8, 4) is 28.4 Å². The number of nitrogens with zero attached hydrogens (tertiary/aromatic N) is 3. The first-order chi connectivity index (χ1) is 15.8. The van der Waals surface area contributed by atoms with Crippen molar-refractivity contribution in [2.24, 2.45) is 0 Å². The van der Waals surface area contributed by atoms with Crippen LogP contribution in [-0.2, 0) is 6.54 Å². The number of ether oxygens (including phenoxy) is 2. The molecule has 0 saturated carbocycles. The number of hydrogen-bond acceptors (Lipinski definition) is 6. The molecule has 0 unspecified atom stereocenters. The predicted octanol–water partition coefficient (Wildman–Crippen LogP) is 3.35. The van der Waals surface area contributed by atoms with Gasteiger partial charge < -0.3 is 29.5 Å². The molecule has 2 aliphatic heterocycles. The van der Waals surface area contributed by atoms with Gasteiger partial charge in [0.2, 0.25) is 0 Å². The Morgan fingerprint density at radius 2 is 2.15 bits per heavy atom. The van der Waals surface area contributed by atoms with Crippen LogP contribution in [0, 0.1) is 5.82 Å². The standard InChI is InChI=1S/C23H27ClFN3O5/c1-26(2)8-9-32-19-10-15(20-17(24)4-3-5-18(20)29)21(25)22-16(19)12-27-6-7-28(23(30)31)11-14(27)13-33-22/h3-5,10,14,29H,6-9,11-13H2,1-2H3,(H,30,31)/t14-/m1/s1. The third kappa shape index (κ3) is 4.80. The quantitative estimate of drug-likeness (QED) is 0.680. The first kappa shape index (κ1) is 23.4. The van der Waals surface area contributed by atoms with Gasteiger partial charge in [-0.05, 0) is 32.3 Å². The van der Waals surface area contributed by atoms with E-state index >= 15 is 4.39 Å². The normalized spacial score (nSPS) is 18.3. The molecule has 2 aliphatic rings. The molecule has 0 spiro atoms. The minimum absolute atomic E-state index is 0.0444. The maximum absolute atomic E-state index is 15.8. The Labute approximate surface area is 196 Å². The van der Waals surface area contributed by atoms with E-state index in [2.05, 4.69) is 4.90 Å². The second-order valence-electron chi connectivity index (χ2n) is 8.49. The molecule has 0 radical (unpaired) electrons. The highest BCUT2D eigenvalue weighted by Crippen LogP contribution is 2.45.